The molecule has 0 N–H and O–H groups in total. The molecule has 0 bridgehead atoms. The maximum atomic E-state index is 2.46. The molecule has 0 fully saturated rings. The average Bonchev–Trinajstić information content (AvgIpc) is 2.70. The minimum atomic E-state index is 0. The van der Waals surface area contributed by atoms with Crippen LogP contribution in [0.1, 0.15) is 51.3 Å². The van der Waals surface area contributed by atoms with Crippen molar-refractivity contribution in [2.24, 2.45) is 5.41 Å². The second-order valence-electron chi connectivity index (χ2n) is 7.72. The third-order valence-electron chi connectivity index (χ3n) is 4.24. The Labute approximate surface area is 135 Å². The van der Waals surface area contributed by atoms with Crippen LogP contribution in [-0.2, 0) is 44.1 Å². The topological polar surface area (TPSA) is 0 Å². The van der Waals surface area contributed by atoms with Crippen LogP contribution in [0.3, 0.4) is 0 Å². The van der Waals surface area contributed by atoms with Crippen LogP contribution < -0.4 is 0 Å². The Balaban J connectivity index is 0.00000133. The molecule has 0 heterocycles. The van der Waals surface area contributed by atoms with Crippen LogP contribution in [-0.4, -0.2) is 0 Å². The molecule has 0 saturated carbocycles. The molecule has 3 rings (SSSR count). The molecule has 19 heavy (non-hydrogen) atoms. The van der Waals surface area contributed by atoms with E-state index in [1.54, 1.807) is 11.1 Å². The standard InChI is InChI=1S/C18H23.Hf/c1-17(2,3)16-7-6-12-8-13-10-18(4,5)11-14(13)9-15(12)16;/h6-9H,10-11H2,1-5H3;/q-1;. The number of rotatable bonds is 0. The first-order valence-corrected chi connectivity index (χ1v) is 6.98. The first kappa shape index (κ1) is 15.1. The van der Waals surface area contributed by atoms with Gasteiger partial charge in [0.05, 0.1) is 0 Å². The van der Waals surface area contributed by atoms with Crippen molar-refractivity contribution < 1.29 is 25.8 Å². The molecule has 0 aliphatic heterocycles. The molecule has 0 nitrogen and oxygen atoms in total. The van der Waals surface area contributed by atoms with E-state index in [1.165, 1.54) is 29.2 Å². The van der Waals surface area contributed by atoms with E-state index < -0.39 is 0 Å². The van der Waals surface area contributed by atoms with Gasteiger partial charge < -0.3 is 0 Å². The molecule has 0 atom stereocenters. The van der Waals surface area contributed by atoms with Gasteiger partial charge in [0.25, 0.3) is 0 Å². The number of fused-ring (bicyclic) bond motifs is 2. The number of benzene rings is 1. The zero-order valence-electron chi connectivity index (χ0n) is 12.7. The van der Waals surface area contributed by atoms with Crippen molar-refractivity contribution in [2.45, 2.75) is 52.9 Å². The Morgan fingerprint density at radius 3 is 2.21 bits per heavy atom. The molecule has 1 aliphatic carbocycles. The van der Waals surface area contributed by atoms with Crippen LogP contribution >= 0.6 is 0 Å². The van der Waals surface area contributed by atoms with E-state index >= 15 is 0 Å². The fourth-order valence-electron chi connectivity index (χ4n) is 3.42. The molecule has 0 spiro atoms. The van der Waals surface area contributed by atoms with Gasteiger partial charge in [-0.15, -0.1) is 34.5 Å². The molecule has 2 aromatic rings. The van der Waals surface area contributed by atoms with E-state index in [0.29, 0.717) is 5.41 Å². The maximum absolute atomic E-state index is 2.46. The van der Waals surface area contributed by atoms with Crippen molar-refractivity contribution in [1.29, 1.82) is 0 Å². The number of hydrogen-bond acceptors (Lipinski definition) is 0. The molecule has 0 radical (unpaired) electrons. The fraction of sp³-hybridized carbons (Fsp3) is 0.500. The van der Waals surface area contributed by atoms with Gasteiger partial charge in [-0.1, -0.05) is 45.7 Å². The van der Waals surface area contributed by atoms with E-state index in [-0.39, 0.29) is 31.3 Å². The molecule has 2 aromatic carbocycles. The average molecular weight is 418 g/mol. The second-order valence-corrected chi connectivity index (χ2v) is 7.72. The van der Waals surface area contributed by atoms with E-state index in [2.05, 4.69) is 58.9 Å². The molecule has 1 aliphatic rings. The van der Waals surface area contributed by atoms with Gasteiger partial charge in [0.1, 0.15) is 0 Å². The van der Waals surface area contributed by atoms with Crippen molar-refractivity contribution in [2.75, 3.05) is 0 Å². The van der Waals surface area contributed by atoms with Gasteiger partial charge in [0.15, 0.2) is 0 Å². The van der Waals surface area contributed by atoms with Crippen LogP contribution in [0.15, 0.2) is 24.3 Å². The van der Waals surface area contributed by atoms with Gasteiger partial charge in [-0.3, -0.25) is 0 Å². The van der Waals surface area contributed by atoms with Crippen molar-refractivity contribution >= 4 is 10.8 Å². The summed E-state index contributed by atoms with van der Waals surface area (Å²) in [5.41, 5.74) is 5.32. The molecule has 1 heteroatoms. The summed E-state index contributed by atoms with van der Waals surface area (Å²) in [6.07, 6.45) is 2.46. The van der Waals surface area contributed by atoms with Crippen LogP contribution in [0, 0.1) is 5.41 Å². The van der Waals surface area contributed by atoms with Gasteiger partial charge in [0.2, 0.25) is 0 Å². The van der Waals surface area contributed by atoms with Crippen molar-refractivity contribution in [3.8, 4) is 0 Å². The molecular formula is C18H23Hf-. The number of hydrogen-bond donors (Lipinski definition) is 0. The monoisotopic (exact) mass is 419 g/mol. The Kier molecular flexibility index (Phi) is 3.67. The normalized spacial score (nSPS) is 17.3. The zero-order valence-corrected chi connectivity index (χ0v) is 16.3. The Morgan fingerprint density at radius 2 is 1.63 bits per heavy atom. The Bertz CT molecular complexity index is 608. The first-order valence-electron chi connectivity index (χ1n) is 6.98. The summed E-state index contributed by atoms with van der Waals surface area (Å²) in [6, 6.07) is 9.49. The van der Waals surface area contributed by atoms with Crippen LogP contribution in [0.5, 0.6) is 0 Å². The summed E-state index contributed by atoms with van der Waals surface area (Å²) in [6.45, 7) is 11.7. The third kappa shape index (κ3) is 2.63. The van der Waals surface area contributed by atoms with E-state index in [9.17, 15) is 0 Å². The Morgan fingerprint density at radius 1 is 1.05 bits per heavy atom. The minimum Gasteiger partial charge on any atom is -0.168 e. The maximum Gasteiger partial charge on any atom is 0 e. The van der Waals surface area contributed by atoms with E-state index in [4.69, 9.17) is 0 Å². The molecule has 0 saturated heterocycles. The summed E-state index contributed by atoms with van der Waals surface area (Å²) >= 11 is 0. The summed E-state index contributed by atoms with van der Waals surface area (Å²) < 4.78 is 0. The van der Waals surface area contributed by atoms with Crippen molar-refractivity contribution in [3.05, 3.63) is 41.0 Å². The van der Waals surface area contributed by atoms with Gasteiger partial charge in [-0.05, 0) is 23.7 Å². The molecular weight excluding hydrogens is 395 g/mol. The summed E-state index contributed by atoms with van der Waals surface area (Å²) in [5.74, 6) is 0. The zero-order chi connectivity index (χ0) is 13.1. The van der Waals surface area contributed by atoms with E-state index in [0.717, 1.165) is 0 Å². The second kappa shape index (κ2) is 4.62. The summed E-state index contributed by atoms with van der Waals surface area (Å²) in [5, 5.41) is 2.90. The minimum absolute atomic E-state index is 0. The van der Waals surface area contributed by atoms with Crippen molar-refractivity contribution in [3.63, 3.8) is 0 Å². The smallest absolute Gasteiger partial charge is 0 e. The molecule has 0 amide bonds. The summed E-state index contributed by atoms with van der Waals surface area (Å²) in [7, 11) is 0. The van der Waals surface area contributed by atoms with Gasteiger partial charge in [-0.2, -0.15) is 6.07 Å². The predicted octanol–water partition coefficient (Wildman–Crippen LogP) is 4.98. The Hall–Kier alpha value is -0.300. The van der Waals surface area contributed by atoms with Gasteiger partial charge >= 0.3 is 0 Å². The summed E-state index contributed by atoms with van der Waals surface area (Å²) in [4.78, 5) is 0. The largest absolute Gasteiger partial charge is 0.168 e. The third-order valence-corrected chi connectivity index (χ3v) is 4.24. The van der Waals surface area contributed by atoms with E-state index in [1.807, 2.05) is 0 Å². The van der Waals surface area contributed by atoms with Crippen LogP contribution in [0.2, 0.25) is 0 Å². The van der Waals surface area contributed by atoms with Gasteiger partial charge in [0, 0.05) is 25.8 Å². The molecule has 100 valence electrons. The SMILES string of the molecule is CC1(C)Cc2cc3cc[c-](C(C)(C)C)c3cc2C1.[Hf]. The van der Waals surface area contributed by atoms with Gasteiger partial charge in [-0.25, -0.2) is 0 Å². The van der Waals surface area contributed by atoms with Crippen LogP contribution in [0.25, 0.3) is 10.8 Å². The quantitative estimate of drug-likeness (QED) is 0.419. The van der Waals surface area contributed by atoms with Crippen LogP contribution in [0.4, 0.5) is 0 Å². The first-order chi connectivity index (χ1) is 8.26. The molecule has 0 unspecified atom stereocenters. The predicted molar refractivity (Wildman–Crippen MR) is 79.4 cm³/mol. The molecule has 0 aromatic heterocycles. The van der Waals surface area contributed by atoms with Crippen molar-refractivity contribution in [1.82, 2.24) is 0 Å². The fourth-order valence-corrected chi connectivity index (χ4v) is 3.42.